The molecule has 16 heavy (non-hydrogen) atoms. The van der Waals surface area contributed by atoms with Gasteiger partial charge in [-0.2, -0.15) is 0 Å². The highest BCUT2D eigenvalue weighted by molar-refractivity contribution is 6.31. The smallest absolute Gasteiger partial charge is 0.224 e. The summed E-state index contributed by atoms with van der Waals surface area (Å²) < 4.78 is 0. The van der Waals surface area contributed by atoms with Gasteiger partial charge in [-0.25, -0.2) is 0 Å². The van der Waals surface area contributed by atoms with Crippen molar-refractivity contribution in [2.75, 3.05) is 6.54 Å². The average Bonchev–Trinajstić information content (AvgIpc) is 2.21. The number of carbonyl (C=O) groups excluding carboxylic acids is 1. The van der Waals surface area contributed by atoms with Gasteiger partial charge in [0.05, 0.1) is 6.42 Å². The standard InChI is InChI=1S/C12H17ClN2O/c1-8-3-4-10(5-11(8)13)6-12(16)15-7-9(2)14/h3-5,9H,6-7,14H2,1-2H3,(H,15,16). The molecule has 1 aromatic carbocycles. The summed E-state index contributed by atoms with van der Waals surface area (Å²) in [6.07, 6.45) is 0.340. The summed E-state index contributed by atoms with van der Waals surface area (Å²) in [7, 11) is 0. The minimum atomic E-state index is -0.0304. The maximum atomic E-state index is 11.5. The maximum Gasteiger partial charge on any atom is 0.224 e. The van der Waals surface area contributed by atoms with E-state index in [4.69, 9.17) is 17.3 Å². The monoisotopic (exact) mass is 240 g/mol. The Hall–Kier alpha value is -1.06. The van der Waals surface area contributed by atoms with Crippen molar-refractivity contribution in [2.45, 2.75) is 26.3 Å². The second kappa shape index (κ2) is 5.87. The van der Waals surface area contributed by atoms with Crippen LogP contribution in [-0.4, -0.2) is 18.5 Å². The molecule has 88 valence electrons. The lowest BCUT2D eigenvalue weighted by Gasteiger charge is -2.08. The molecular formula is C12H17ClN2O. The molecule has 3 N–H and O–H groups in total. The molecule has 1 rings (SSSR count). The van der Waals surface area contributed by atoms with Gasteiger partial charge in [0.1, 0.15) is 0 Å². The summed E-state index contributed by atoms with van der Waals surface area (Å²) in [6.45, 7) is 4.28. The number of hydrogen-bond donors (Lipinski definition) is 2. The maximum absolute atomic E-state index is 11.5. The van der Waals surface area contributed by atoms with Crippen molar-refractivity contribution in [3.05, 3.63) is 34.3 Å². The number of carbonyl (C=O) groups is 1. The highest BCUT2D eigenvalue weighted by atomic mass is 35.5. The van der Waals surface area contributed by atoms with Crippen LogP contribution in [-0.2, 0) is 11.2 Å². The molecule has 1 atom stereocenters. The van der Waals surface area contributed by atoms with Crippen molar-refractivity contribution in [1.82, 2.24) is 5.32 Å². The first-order valence-corrected chi connectivity index (χ1v) is 5.64. The lowest BCUT2D eigenvalue weighted by Crippen LogP contribution is -2.35. The Balaban J connectivity index is 2.53. The normalized spacial score (nSPS) is 12.2. The molecule has 0 aromatic heterocycles. The van der Waals surface area contributed by atoms with E-state index in [1.807, 2.05) is 32.0 Å². The molecule has 0 bridgehead atoms. The molecule has 1 unspecified atom stereocenters. The van der Waals surface area contributed by atoms with Crippen LogP contribution in [0.15, 0.2) is 18.2 Å². The van der Waals surface area contributed by atoms with Crippen LogP contribution in [0, 0.1) is 6.92 Å². The van der Waals surface area contributed by atoms with Crippen molar-refractivity contribution in [3.8, 4) is 0 Å². The van der Waals surface area contributed by atoms with E-state index in [1.165, 1.54) is 0 Å². The minimum absolute atomic E-state index is 0.0226. The van der Waals surface area contributed by atoms with E-state index in [-0.39, 0.29) is 11.9 Å². The van der Waals surface area contributed by atoms with Crippen LogP contribution in [0.4, 0.5) is 0 Å². The number of rotatable bonds is 4. The fourth-order valence-electron chi connectivity index (χ4n) is 1.27. The van der Waals surface area contributed by atoms with Gasteiger partial charge >= 0.3 is 0 Å². The van der Waals surface area contributed by atoms with E-state index in [0.29, 0.717) is 18.0 Å². The summed E-state index contributed by atoms with van der Waals surface area (Å²) in [4.78, 5) is 11.5. The van der Waals surface area contributed by atoms with Crippen LogP contribution in [0.1, 0.15) is 18.1 Å². The summed E-state index contributed by atoms with van der Waals surface area (Å²) in [5.74, 6) is -0.0304. The number of nitrogens with one attached hydrogen (secondary N) is 1. The third-order valence-electron chi connectivity index (χ3n) is 2.22. The van der Waals surface area contributed by atoms with Crippen LogP contribution < -0.4 is 11.1 Å². The van der Waals surface area contributed by atoms with Crippen molar-refractivity contribution in [2.24, 2.45) is 5.73 Å². The molecule has 1 aromatic rings. The third kappa shape index (κ3) is 4.21. The molecule has 0 saturated heterocycles. The average molecular weight is 241 g/mol. The zero-order chi connectivity index (χ0) is 12.1. The van der Waals surface area contributed by atoms with Gasteiger partial charge in [-0.15, -0.1) is 0 Å². The van der Waals surface area contributed by atoms with E-state index >= 15 is 0 Å². The van der Waals surface area contributed by atoms with Gasteiger partial charge < -0.3 is 11.1 Å². The Morgan fingerprint density at radius 1 is 1.56 bits per heavy atom. The molecule has 0 aliphatic heterocycles. The molecule has 0 aliphatic carbocycles. The SMILES string of the molecule is Cc1ccc(CC(=O)NCC(C)N)cc1Cl. The molecule has 0 spiro atoms. The predicted octanol–water partition coefficient (Wildman–Crippen LogP) is 1.65. The van der Waals surface area contributed by atoms with E-state index in [1.54, 1.807) is 0 Å². The van der Waals surface area contributed by atoms with E-state index < -0.39 is 0 Å². The highest BCUT2D eigenvalue weighted by Gasteiger charge is 2.05. The molecule has 0 aliphatic rings. The molecule has 1 amide bonds. The van der Waals surface area contributed by atoms with Gasteiger partial charge in [0.25, 0.3) is 0 Å². The Bertz CT molecular complexity index is 377. The first-order chi connectivity index (χ1) is 7.49. The van der Waals surface area contributed by atoms with Gasteiger partial charge in [0, 0.05) is 17.6 Å². The fraction of sp³-hybridized carbons (Fsp3) is 0.417. The molecule has 0 saturated carbocycles. The summed E-state index contributed by atoms with van der Waals surface area (Å²) in [5, 5.41) is 3.45. The number of amides is 1. The first kappa shape index (κ1) is 13.0. The van der Waals surface area contributed by atoms with Gasteiger partial charge in [-0.3, -0.25) is 4.79 Å². The number of nitrogens with two attached hydrogens (primary N) is 1. The molecule has 4 heteroatoms. The van der Waals surface area contributed by atoms with Crippen molar-refractivity contribution in [1.29, 1.82) is 0 Å². The minimum Gasteiger partial charge on any atom is -0.354 e. The number of hydrogen-bond acceptors (Lipinski definition) is 2. The Morgan fingerprint density at radius 3 is 2.81 bits per heavy atom. The summed E-state index contributed by atoms with van der Waals surface area (Å²) in [5.41, 5.74) is 7.47. The third-order valence-corrected chi connectivity index (χ3v) is 2.63. The van der Waals surface area contributed by atoms with Crippen molar-refractivity contribution < 1.29 is 4.79 Å². The topological polar surface area (TPSA) is 55.1 Å². The molecular weight excluding hydrogens is 224 g/mol. The Kier molecular flexibility index (Phi) is 4.77. The van der Waals surface area contributed by atoms with Crippen LogP contribution in [0.3, 0.4) is 0 Å². The summed E-state index contributed by atoms with van der Waals surface area (Å²) >= 11 is 5.97. The second-order valence-corrected chi connectivity index (χ2v) is 4.45. The molecule has 0 heterocycles. The van der Waals surface area contributed by atoms with Crippen LogP contribution in [0.25, 0.3) is 0 Å². The summed E-state index contributed by atoms with van der Waals surface area (Å²) in [6, 6.07) is 5.62. The van der Waals surface area contributed by atoms with E-state index in [9.17, 15) is 4.79 Å². The van der Waals surface area contributed by atoms with Crippen molar-refractivity contribution in [3.63, 3.8) is 0 Å². The number of benzene rings is 1. The molecule has 0 radical (unpaired) electrons. The molecule has 3 nitrogen and oxygen atoms in total. The largest absolute Gasteiger partial charge is 0.354 e. The van der Waals surface area contributed by atoms with E-state index in [2.05, 4.69) is 5.32 Å². The Labute approximate surface area is 101 Å². The van der Waals surface area contributed by atoms with Crippen LogP contribution >= 0.6 is 11.6 Å². The Morgan fingerprint density at radius 2 is 2.25 bits per heavy atom. The predicted molar refractivity (Wildman–Crippen MR) is 66.6 cm³/mol. The number of aryl methyl sites for hydroxylation is 1. The van der Waals surface area contributed by atoms with Gasteiger partial charge in [-0.1, -0.05) is 23.7 Å². The lowest BCUT2D eigenvalue weighted by molar-refractivity contribution is -0.120. The zero-order valence-electron chi connectivity index (χ0n) is 9.59. The second-order valence-electron chi connectivity index (χ2n) is 4.04. The number of halogens is 1. The van der Waals surface area contributed by atoms with Crippen LogP contribution in [0.2, 0.25) is 5.02 Å². The zero-order valence-corrected chi connectivity index (χ0v) is 10.3. The van der Waals surface area contributed by atoms with Crippen molar-refractivity contribution >= 4 is 17.5 Å². The van der Waals surface area contributed by atoms with Gasteiger partial charge in [0.15, 0.2) is 0 Å². The van der Waals surface area contributed by atoms with E-state index in [0.717, 1.165) is 11.1 Å². The molecule has 0 fully saturated rings. The first-order valence-electron chi connectivity index (χ1n) is 5.26. The highest BCUT2D eigenvalue weighted by Crippen LogP contribution is 2.16. The van der Waals surface area contributed by atoms with Gasteiger partial charge in [0.2, 0.25) is 5.91 Å². The van der Waals surface area contributed by atoms with Crippen LogP contribution in [0.5, 0.6) is 0 Å². The van der Waals surface area contributed by atoms with Gasteiger partial charge in [-0.05, 0) is 31.0 Å². The fourth-order valence-corrected chi connectivity index (χ4v) is 1.47. The lowest BCUT2D eigenvalue weighted by atomic mass is 10.1. The quantitative estimate of drug-likeness (QED) is 0.841.